The molecule has 0 spiro atoms. The number of rotatable bonds is 5. The summed E-state index contributed by atoms with van der Waals surface area (Å²) in [5.41, 5.74) is 1.01. The van der Waals surface area contributed by atoms with E-state index in [0.29, 0.717) is 0 Å². The zero-order valence-corrected chi connectivity index (χ0v) is 16.4. The predicted molar refractivity (Wildman–Crippen MR) is 104 cm³/mol. The number of nitrogens with zero attached hydrogens (tertiary/aromatic N) is 7. The third-order valence-corrected chi connectivity index (χ3v) is 5.35. The lowest BCUT2D eigenvalue weighted by Crippen LogP contribution is -2.47. The van der Waals surface area contributed by atoms with Crippen LogP contribution >= 0.6 is 0 Å². The first kappa shape index (κ1) is 17.7. The molecule has 2 aromatic heterocycles. The van der Waals surface area contributed by atoms with Gasteiger partial charge < -0.3 is 9.80 Å². The van der Waals surface area contributed by atoms with Gasteiger partial charge in [-0.15, -0.1) is 5.10 Å². The summed E-state index contributed by atoms with van der Waals surface area (Å²) in [5, 5.41) is 4.81. The Morgan fingerprint density at radius 1 is 0.962 bits per heavy atom. The molecule has 2 aliphatic heterocycles. The first-order valence-corrected chi connectivity index (χ1v) is 10.0. The molecule has 2 aliphatic rings. The van der Waals surface area contributed by atoms with Gasteiger partial charge in [0, 0.05) is 57.6 Å². The number of aromatic nitrogens is 4. The van der Waals surface area contributed by atoms with Crippen molar-refractivity contribution >= 4 is 11.6 Å². The average Bonchev–Trinajstić information content (AvgIpc) is 3.24. The lowest BCUT2D eigenvalue weighted by molar-refractivity contribution is 0.115. The van der Waals surface area contributed by atoms with Gasteiger partial charge in [-0.05, 0) is 25.7 Å². The second-order valence-corrected chi connectivity index (χ2v) is 8.16. The Hall–Kier alpha value is -1.73. The summed E-state index contributed by atoms with van der Waals surface area (Å²) in [6.45, 7) is 15.3. The molecule has 0 radical (unpaired) electrons. The number of anilines is 1. The second-order valence-electron chi connectivity index (χ2n) is 8.16. The topological polar surface area (TPSA) is 52.8 Å². The van der Waals surface area contributed by atoms with Gasteiger partial charge in [-0.3, -0.25) is 4.90 Å². The molecule has 7 nitrogen and oxygen atoms in total. The van der Waals surface area contributed by atoms with E-state index in [1.807, 2.05) is 11.4 Å². The van der Waals surface area contributed by atoms with Gasteiger partial charge in [0.05, 0.1) is 6.54 Å². The van der Waals surface area contributed by atoms with Crippen LogP contribution in [0.5, 0.6) is 0 Å². The van der Waals surface area contributed by atoms with Crippen LogP contribution in [0, 0.1) is 12.8 Å². The second kappa shape index (κ2) is 7.48. The Bertz CT molecular complexity index is 740. The number of aryl methyl sites for hydroxylation is 1. The van der Waals surface area contributed by atoms with Gasteiger partial charge >= 0.3 is 0 Å². The minimum absolute atomic E-state index is 0.736. The van der Waals surface area contributed by atoms with E-state index in [1.165, 1.54) is 19.4 Å². The van der Waals surface area contributed by atoms with E-state index in [-0.39, 0.29) is 0 Å². The molecule has 4 rings (SSSR count). The zero-order chi connectivity index (χ0) is 18.1. The van der Waals surface area contributed by atoms with Crippen LogP contribution in [-0.2, 0) is 6.54 Å². The molecular formula is C19H31N7. The molecule has 0 saturated carbocycles. The molecule has 0 unspecified atom stereocenters. The van der Waals surface area contributed by atoms with E-state index in [4.69, 9.17) is 10.1 Å². The highest BCUT2D eigenvalue weighted by Gasteiger charge is 2.21. The highest BCUT2D eigenvalue weighted by molar-refractivity contribution is 5.48. The fraction of sp³-hybridized carbons (Fsp3) is 0.737. The fourth-order valence-corrected chi connectivity index (χ4v) is 4.09. The van der Waals surface area contributed by atoms with E-state index < -0.39 is 0 Å². The van der Waals surface area contributed by atoms with Crippen molar-refractivity contribution in [1.82, 2.24) is 29.4 Å². The smallest absolute Gasteiger partial charge is 0.254 e. The molecule has 0 amide bonds. The molecule has 0 bridgehead atoms. The van der Waals surface area contributed by atoms with Crippen molar-refractivity contribution in [1.29, 1.82) is 0 Å². The van der Waals surface area contributed by atoms with Crippen LogP contribution in [0.15, 0.2) is 6.07 Å². The fourth-order valence-electron chi connectivity index (χ4n) is 4.09. The van der Waals surface area contributed by atoms with E-state index in [2.05, 4.69) is 39.6 Å². The molecule has 7 heteroatoms. The highest BCUT2D eigenvalue weighted by atomic mass is 15.4. The summed E-state index contributed by atoms with van der Waals surface area (Å²) < 4.78 is 1.95. The van der Waals surface area contributed by atoms with E-state index in [9.17, 15) is 0 Å². The van der Waals surface area contributed by atoms with E-state index in [0.717, 1.165) is 74.8 Å². The minimum atomic E-state index is 0.736. The summed E-state index contributed by atoms with van der Waals surface area (Å²) in [6, 6.07) is 2.14. The van der Waals surface area contributed by atoms with Crippen LogP contribution in [0.1, 0.15) is 38.2 Å². The van der Waals surface area contributed by atoms with Crippen molar-refractivity contribution < 1.29 is 0 Å². The maximum atomic E-state index is 4.81. The van der Waals surface area contributed by atoms with Crippen molar-refractivity contribution in [3.63, 3.8) is 0 Å². The van der Waals surface area contributed by atoms with Gasteiger partial charge in [-0.25, -0.2) is 4.98 Å². The third-order valence-electron chi connectivity index (χ3n) is 5.35. The minimum Gasteiger partial charge on any atom is -0.356 e. The zero-order valence-electron chi connectivity index (χ0n) is 16.4. The summed E-state index contributed by atoms with van der Waals surface area (Å²) in [5.74, 6) is 3.51. The van der Waals surface area contributed by atoms with Crippen molar-refractivity contribution in [2.75, 3.05) is 50.7 Å². The third kappa shape index (κ3) is 3.83. The molecule has 4 heterocycles. The summed E-state index contributed by atoms with van der Waals surface area (Å²) >= 11 is 0. The van der Waals surface area contributed by atoms with E-state index >= 15 is 0 Å². The standard InChI is InChI=1S/C19H31N7/c1-15(2)13-23-8-10-24(11-9-23)14-17-21-19-20-16(3)12-18(26(19)22-17)25-6-4-5-7-25/h12,15H,4-11,13-14H2,1-3H3. The van der Waals surface area contributed by atoms with Crippen LogP contribution in [0.4, 0.5) is 5.82 Å². The molecule has 2 saturated heterocycles. The van der Waals surface area contributed by atoms with Gasteiger partial charge in [-0.1, -0.05) is 13.8 Å². The summed E-state index contributed by atoms with van der Waals surface area (Å²) in [6.07, 6.45) is 2.51. The first-order chi connectivity index (χ1) is 12.6. The largest absolute Gasteiger partial charge is 0.356 e. The lowest BCUT2D eigenvalue weighted by atomic mass is 10.2. The van der Waals surface area contributed by atoms with Gasteiger partial charge in [-0.2, -0.15) is 9.50 Å². The van der Waals surface area contributed by atoms with Crippen LogP contribution in [-0.4, -0.2) is 75.2 Å². The Balaban J connectivity index is 1.47. The highest BCUT2D eigenvalue weighted by Crippen LogP contribution is 2.21. The Labute approximate surface area is 156 Å². The summed E-state index contributed by atoms with van der Waals surface area (Å²) in [7, 11) is 0. The van der Waals surface area contributed by atoms with Crippen LogP contribution in [0.2, 0.25) is 0 Å². The number of piperazine rings is 1. The van der Waals surface area contributed by atoms with Gasteiger partial charge in [0.1, 0.15) is 5.82 Å². The van der Waals surface area contributed by atoms with Crippen LogP contribution in [0.25, 0.3) is 5.78 Å². The molecule has 0 aliphatic carbocycles. The lowest BCUT2D eigenvalue weighted by Gasteiger charge is -2.34. The molecule has 0 atom stereocenters. The molecule has 0 aromatic carbocycles. The molecule has 0 N–H and O–H groups in total. The van der Waals surface area contributed by atoms with Gasteiger partial charge in [0.15, 0.2) is 5.82 Å². The van der Waals surface area contributed by atoms with Gasteiger partial charge in [0.25, 0.3) is 5.78 Å². The van der Waals surface area contributed by atoms with Crippen LogP contribution < -0.4 is 4.90 Å². The van der Waals surface area contributed by atoms with Crippen LogP contribution in [0.3, 0.4) is 0 Å². The Kier molecular flexibility index (Phi) is 5.09. The predicted octanol–water partition coefficient (Wildman–Crippen LogP) is 1.81. The first-order valence-electron chi connectivity index (χ1n) is 10.0. The van der Waals surface area contributed by atoms with Gasteiger partial charge in [0.2, 0.25) is 0 Å². The normalized spacial score (nSPS) is 19.9. The molecule has 2 aromatic rings. The number of fused-ring (bicyclic) bond motifs is 1. The Morgan fingerprint density at radius 3 is 2.35 bits per heavy atom. The van der Waals surface area contributed by atoms with Crippen molar-refractivity contribution in [3.05, 3.63) is 17.6 Å². The number of hydrogen-bond donors (Lipinski definition) is 0. The molecule has 26 heavy (non-hydrogen) atoms. The quantitative estimate of drug-likeness (QED) is 0.813. The average molecular weight is 358 g/mol. The van der Waals surface area contributed by atoms with Crippen molar-refractivity contribution in [2.24, 2.45) is 5.92 Å². The van der Waals surface area contributed by atoms with E-state index in [1.54, 1.807) is 0 Å². The van der Waals surface area contributed by atoms with Crippen molar-refractivity contribution in [2.45, 2.75) is 40.2 Å². The molecule has 2 fully saturated rings. The summed E-state index contributed by atoms with van der Waals surface area (Å²) in [4.78, 5) is 16.8. The number of hydrogen-bond acceptors (Lipinski definition) is 6. The Morgan fingerprint density at radius 2 is 1.65 bits per heavy atom. The SMILES string of the molecule is Cc1cc(N2CCCC2)n2nc(CN3CCN(CC(C)C)CC3)nc2n1. The monoisotopic (exact) mass is 357 g/mol. The maximum absolute atomic E-state index is 4.81. The maximum Gasteiger partial charge on any atom is 0.254 e. The molecule has 142 valence electrons. The molecular weight excluding hydrogens is 326 g/mol. The van der Waals surface area contributed by atoms with Crippen molar-refractivity contribution in [3.8, 4) is 0 Å².